The Labute approximate surface area is 148 Å². The Bertz CT molecular complexity index is 769. The number of hydrogen-bond donors (Lipinski definition) is 1. The Morgan fingerprint density at radius 1 is 1.16 bits per heavy atom. The van der Waals surface area contributed by atoms with Gasteiger partial charge in [0.25, 0.3) is 0 Å². The van der Waals surface area contributed by atoms with E-state index in [0.29, 0.717) is 0 Å². The first kappa shape index (κ1) is 16.1. The van der Waals surface area contributed by atoms with Crippen LogP contribution in [0.5, 0.6) is 0 Å². The summed E-state index contributed by atoms with van der Waals surface area (Å²) in [6, 6.07) is 7.90. The maximum atomic E-state index is 12.8. The minimum absolute atomic E-state index is 0.0316. The summed E-state index contributed by atoms with van der Waals surface area (Å²) in [5.41, 5.74) is 1.98. The van der Waals surface area contributed by atoms with Crippen LogP contribution in [0.4, 0.5) is 10.5 Å². The molecule has 0 bridgehead atoms. The molecule has 1 fully saturated rings. The van der Waals surface area contributed by atoms with Crippen molar-refractivity contribution in [2.75, 3.05) is 11.9 Å². The largest absolute Gasteiger partial charge is 0.322 e. The highest BCUT2D eigenvalue weighted by Crippen LogP contribution is 2.32. The second-order valence-corrected chi connectivity index (χ2v) is 7.09. The van der Waals surface area contributed by atoms with E-state index in [9.17, 15) is 4.79 Å². The lowest BCUT2D eigenvalue weighted by atomic mass is 10.2. The number of amides is 2. The molecule has 1 atom stereocenters. The number of carbonyl (C=O) groups is 1. The highest BCUT2D eigenvalue weighted by atomic mass is 16.2. The van der Waals surface area contributed by atoms with Crippen molar-refractivity contribution in [1.82, 2.24) is 19.7 Å². The molecule has 0 spiro atoms. The maximum Gasteiger partial charge on any atom is 0.322 e. The van der Waals surface area contributed by atoms with Gasteiger partial charge in [-0.05, 0) is 50.3 Å². The molecule has 0 aliphatic carbocycles. The van der Waals surface area contributed by atoms with Crippen molar-refractivity contribution in [2.24, 2.45) is 0 Å². The summed E-state index contributed by atoms with van der Waals surface area (Å²) in [5.74, 6) is 2.05. The van der Waals surface area contributed by atoms with Crippen LogP contribution in [-0.2, 0) is 13.0 Å². The third kappa shape index (κ3) is 3.25. The molecular formula is C19H25N5O. The molecule has 1 aromatic carbocycles. The van der Waals surface area contributed by atoms with Crippen LogP contribution in [0.25, 0.3) is 0 Å². The minimum Gasteiger partial charge on any atom is -0.314 e. The number of fused-ring (bicyclic) bond motifs is 1. The molecule has 0 saturated carbocycles. The van der Waals surface area contributed by atoms with Crippen LogP contribution < -0.4 is 5.32 Å². The fourth-order valence-corrected chi connectivity index (χ4v) is 3.95. The van der Waals surface area contributed by atoms with Gasteiger partial charge in [0.05, 0.1) is 6.04 Å². The first-order valence-corrected chi connectivity index (χ1v) is 9.28. The van der Waals surface area contributed by atoms with E-state index in [0.717, 1.165) is 55.3 Å². The molecule has 132 valence electrons. The summed E-state index contributed by atoms with van der Waals surface area (Å²) >= 11 is 0. The minimum atomic E-state index is -0.0425. The van der Waals surface area contributed by atoms with Crippen molar-refractivity contribution < 1.29 is 4.79 Å². The first-order valence-electron chi connectivity index (χ1n) is 9.28. The summed E-state index contributed by atoms with van der Waals surface area (Å²) in [6.07, 6.45) is 6.55. The average Bonchev–Trinajstić information content (AvgIpc) is 3.16. The van der Waals surface area contributed by atoms with Crippen LogP contribution >= 0.6 is 0 Å². The van der Waals surface area contributed by atoms with E-state index < -0.39 is 0 Å². The fraction of sp³-hybridized carbons (Fsp3) is 0.526. The van der Waals surface area contributed by atoms with Crippen molar-refractivity contribution in [3.05, 3.63) is 41.5 Å². The van der Waals surface area contributed by atoms with Gasteiger partial charge in [0.2, 0.25) is 0 Å². The predicted molar refractivity (Wildman–Crippen MR) is 96.5 cm³/mol. The number of nitrogens with one attached hydrogen (secondary N) is 1. The summed E-state index contributed by atoms with van der Waals surface area (Å²) in [4.78, 5) is 14.7. The van der Waals surface area contributed by atoms with Crippen molar-refractivity contribution in [1.29, 1.82) is 0 Å². The highest BCUT2D eigenvalue weighted by Gasteiger charge is 2.34. The Balaban J connectivity index is 1.54. The SMILES string of the molecule is Cc1cccc(NC(=O)N2CCC[C@H]2c2nnc3n2CCCCC3)c1. The van der Waals surface area contributed by atoms with Gasteiger partial charge in [0.1, 0.15) is 5.82 Å². The highest BCUT2D eigenvalue weighted by molar-refractivity contribution is 5.89. The number of carbonyl (C=O) groups excluding carboxylic acids is 1. The van der Waals surface area contributed by atoms with Gasteiger partial charge in [-0.25, -0.2) is 4.79 Å². The Morgan fingerprint density at radius 3 is 2.96 bits per heavy atom. The summed E-state index contributed by atoms with van der Waals surface area (Å²) in [5, 5.41) is 11.9. The molecule has 1 saturated heterocycles. The van der Waals surface area contributed by atoms with Gasteiger partial charge >= 0.3 is 6.03 Å². The van der Waals surface area contributed by atoms with E-state index in [4.69, 9.17) is 0 Å². The number of nitrogens with zero attached hydrogens (tertiary/aromatic N) is 4. The lowest BCUT2D eigenvalue weighted by Crippen LogP contribution is -2.35. The van der Waals surface area contributed by atoms with Gasteiger partial charge in [-0.1, -0.05) is 18.6 Å². The third-order valence-electron chi connectivity index (χ3n) is 5.22. The van der Waals surface area contributed by atoms with Crippen molar-refractivity contribution in [3.63, 3.8) is 0 Å². The lowest BCUT2D eigenvalue weighted by Gasteiger charge is -2.25. The monoisotopic (exact) mass is 339 g/mol. The fourth-order valence-electron chi connectivity index (χ4n) is 3.95. The number of urea groups is 1. The molecule has 2 amide bonds. The number of anilines is 1. The molecule has 3 heterocycles. The number of hydrogen-bond acceptors (Lipinski definition) is 3. The van der Waals surface area contributed by atoms with E-state index in [1.165, 1.54) is 19.3 Å². The zero-order valence-corrected chi connectivity index (χ0v) is 14.7. The van der Waals surface area contributed by atoms with E-state index in [1.54, 1.807) is 0 Å². The van der Waals surface area contributed by atoms with E-state index >= 15 is 0 Å². The Kier molecular flexibility index (Phi) is 4.42. The predicted octanol–water partition coefficient (Wildman–Crippen LogP) is 3.68. The molecule has 0 radical (unpaired) electrons. The summed E-state index contributed by atoms with van der Waals surface area (Å²) < 4.78 is 2.26. The van der Waals surface area contributed by atoms with Crippen LogP contribution in [0.2, 0.25) is 0 Å². The molecule has 2 aliphatic heterocycles. The number of rotatable bonds is 2. The number of likely N-dealkylation sites (tertiary alicyclic amines) is 1. The topological polar surface area (TPSA) is 63.1 Å². The van der Waals surface area contributed by atoms with Gasteiger partial charge < -0.3 is 14.8 Å². The standard InChI is InChI=1S/C19H25N5O/c1-14-7-5-8-15(13-14)20-19(25)23-12-6-9-16(23)18-22-21-17-10-3-2-4-11-24(17)18/h5,7-8,13,16H,2-4,6,9-12H2,1H3,(H,20,25)/t16-/m0/s1. The van der Waals surface area contributed by atoms with E-state index in [1.807, 2.05) is 36.1 Å². The second kappa shape index (κ2) is 6.86. The maximum absolute atomic E-state index is 12.8. The quantitative estimate of drug-likeness (QED) is 0.908. The molecule has 2 aromatic rings. The van der Waals surface area contributed by atoms with Crippen LogP contribution in [0, 0.1) is 6.92 Å². The molecule has 4 rings (SSSR count). The van der Waals surface area contributed by atoms with Crippen LogP contribution in [0.1, 0.15) is 55.4 Å². The zero-order chi connectivity index (χ0) is 17.2. The molecule has 6 nitrogen and oxygen atoms in total. The lowest BCUT2D eigenvalue weighted by molar-refractivity contribution is 0.203. The second-order valence-electron chi connectivity index (χ2n) is 7.09. The summed E-state index contributed by atoms with van der Waals surface area (Å²) in [7, 11) is 0. The van der Waals surface area contributed by atoms with Crippen molar-refractivity contribution in [2.45, 2.75) is 58.0 Å². The average molecular weight is 339 g/mol. The van der Waals surface area contributed by atoms with Gasteiger partial charge in [-0.15, -0.1) is 10.2 Å². The number of aromatic nitrogens is 3. The third-order valence-corrected chi connectivity index (χ3v) is 5.22. The summed E-state index contributed by atoms with van der Waals surface area (Å²) in [6.45, 7) is 3.77. The zero-order valence-electron chi connectivity index (χ0n) is 14.7. The normalized spacial score (nSPS) is 20.2. The molecule has 0 unspecified atom stereocenters. The van der Waals surface area contributed by atoms with E-state index in [2.05, 4.69) is 20.1 Å². The molecule has 6 heteroatoms. The van der Waals surface area contributed by atoms with Crippen LogP contribution in [-0.4, -0.2) is 32.2 Å². The molecule has 25 heavy (non-hydrogen) atoms. The van der Waals surface area contributed by atoms with Crippen molar-refractivity contribution >= 4 is 11.7 Å². The first-order chi connectivity index (χ1) is 12.2. The van der Waals surface area contributed by atoms with Crippen LogP contribution in [0.15, 0.2) is 24.3 Å². The van der Waals surface area contributed by atoms with Gasteiger partial charge in [-0.2, -0.15) is 0 Å². The molecular weight excluding hydrogens is 314 g/mol. The smallest absolute Gasteiger partial charge is 0.314 e. The van der Waals surface area contributed by atoms with Crippen LogP contribution in [0.3, 0.4) is 0 Å². The molecule has 1 N–H and O–H groups in total. The van der Waals surface area contributed by atoms with Gasteiger partial charge in [-0.3, -0.25) is 0 Å². The molecule has 1 aromatic heterocycles. The van der Waals surface area contributed by atoms with Crippen molar-refractivity contribution in [3.8, 4) is 0 Å². The number of benzene rings is 1. The number of aryl methyl sites for hydroxylation is 2. The Morgan fingerprint density at radius 2 is 2.08 bits per heavy atom. The molecule has 2 aliphatic rings. The van der Waals surface area contributed by atoms with Gasteiger partial charge in [0, 0.05) is 25.2 Å². The van der Waals surface area contributed by atoms with Gasteiger partial charge in [0.15, 0.2) is 5.82 Å². The Hall–Kier alpha value is -2.37. The van der Waals surface area contributed by atoms with E-state index in [-0.39, 0.29) is 12.1 Å².